The van der Waals surface area contributed by atoms with E-state index in [1.807, 2.05) is 18.2 Å². The van der Waals surface area contributed by atoms with Gasteiger partial charge in [-0.15, -0.1) is 0 Å². The van der Waals surface area contributed by atoms with Gasteiger partial charge in [0.15, 0.2) is 0 Å². The van der Waals surface area contributed by atoms with Crippen LogP contribution < -0.4 is 10.1 Å². The predicted octanol–water partition coefficient (Wildman–Crippen LogP) is 3.67. The Morgan fingerprint density at radius 1 is 1.40 bits per heavy atom. The fraction of sp³-hybridized carbons (Fsp3) is 0.500. The van der Waals surface area contributed by atoms with Crippen molar-refractivity contribution < 1.29 is 4.74 Å². The van der Waals surface area contributed by atoms with Gasteiger partial charge in [0.05, 0.1) is 12.8 Å². The molecule has 0 atom stereocenters. The first-order chi connectivity index (χ1) is 7.19. The molecule has 1 aromatic carbocycles. The second-order valence-corrected chi connectivity index (χ2v) is 5.12. The number of ether oxygens (including phenoxy) is 1. The van der Waals surface area contributed by atoms with Crippen molar-refractivity contribution in [2.45, 2.75) is 25.8 Å². The van der Waals surface area contributed by atoms with Crippen molar-refractivity contribution in [3.05, 3.63) is 22.7 Å². The summed E-state index contributed by atoms with van der Waals surface area (Å²) in [5.41, 5.74) is 1.13. The zero-order chi connectivity index (χ0) is 10.8. The molecule has 0 spiro atoms. The van der Waals surface area contributed by atoms with Gasteiger partial charge in [-0.3, -0.25) is 0 Å². The second kappa shape index (κ2) is 4.44. The fourth-order valence-corrected chi connectivity index (χ4v) is 2.34. The van der Waals surface area contributed by atoms with Crippen LogP contribution in [0.25, 0.3) is 0 Å². The van der Waals surface area contributed by atoms with Gasteiger partial charge in [-0.1, -0.05) is 6.92 Å². The number of hydrogen-bond donors (Lipinski definition) is 1. The van der Waals surface area contributed by atoms with Gasteiger partial charge >= 0.3 is 0 Å². The Bertz CT molecular complexity index is 347. The molecule has 1 aromatic rings. The van der Waals surface area contributed by atoms with Gasteiger partial charge in [-0.25, -0.2) is 0 Å². The van der Waals surface area contributed by atoms with E-state index in [0.29, 0.717) is 6.04 Å². The molecule has 0 saturated heterocycles. The molecule has 15 heavy (non-hydrogen) atoms. The van der Waals surface area contributed by atoms with Crippen LogP contribution in [-0.4, -0.2) is 13.2 Å². The number of benzene rings is 1. The van der Waals surface area contributed by atoms with E-state index in [1.54, 1.807) is 7.11 Å². The molecule has 1 fully saturated rings. The quantitative estimate of drug-likeness (QED) is 0.904. The highest BCUT2D eigenvalue weighted by atomic mass is 79.9. The lowest BCUT2D eigenvalue weighted by Crippen LogP contribution is -2.33. The Morgan fingerprint density at radius 2 is 2.13 bits per heavy atom. The Hall–Kier alpha value is -0.700. The third-order valence-electron chi connectivity index (χ3n) is 2.91. The largest absolute Gasteiger partial charge is 0.497 e. The van der Waals surface area contributed by atoms with Crippen molar-refractivity contribution >= 4 is 21.6 Å². The van der Waals surface area contributed by atoms with Gasteiger partial charge in [-0.05, 0) is 46.8 Å². The topological polar surface area (TPSA) is 21.3 Å². The van der Waals surface area contributed by atoms with Crippen LogP contribution >= 0.6 is 15.9 Å². The highest BCUT2D eigenvalue weighted by Gasteiger charge is 2.25. The predicted molar refractivity (Wildman–Crippen MR) is 66.5 cm³/mol. The summed E-state index contributed by atoms with van der Waals surface area (Å²) in [5.74, 6) is 1.76. The zero-order valence-corrected chi connectivity index (χ0v) is 10.7. The van der Waals surface area contributed by atoms with Gasteiger partial charge < -0.3 is 10.1 Å². The van der Waals surface area contributed by atoms with E-state index >= 15 is 0 Å². The van der Waals surface area contributed by atoms with Crippen LogP contribution in [0.15, 0.2) is 22.7 Å². The molecule has 1 aliphatic carbocycles. The molecule has 3 heteroatoms. The maximum Gasteiger partial charge on any atom is 0.121 e. The Morgan fingerprint density at radius 3 is 2.73 bits per heavy atom. The number of nitrogens with one attached hydrogen (secondary N) is 1. The second-order valence-electron chi connectivity index (χ2n) is 4.26. The van der Waals surface area contributed by atoms with E-state index in [1.165, 1.54) is 12.8 Å². The summed E-state index contributed by atoms with van der Waals surface area (Å²) in [6.07, 6.45) is 2.54. The molecule has 1 saturated carbocycles. The monoisotopic (exact) mass is 269 g/mol. The summed E-state index contributed by atoms with van der Waals surface area (Å²) in [7, 11) is 1.69. The number of rotatable bonds is 3. The lowest BCUT2D eigenvalue weighted by molar-refractivity contribution is 0.309. The van der Waals surface area contributed by atoms with Gasteiger partial charge in [0.25, 0.3) is 0 Å². The molecule has 2 nitrogen and oxygen atoms in total. The Balaban J connectivity index is 2.06. The third kappa shape index (κ3) is 2.46. The zero-order valence-electron chi connectivity index (χ0n) is 9.09. The molecule has 1 N–H and O–H groups in total. The van der Waals surface area contributed by atoms with Crippen molar-refractivity contribution in [2.24, 2.45) is 5.92 Å². The first-order valence-corrected chi connectivity index (χ1v) is 6.08. The van der Waals surface area contributed by atoms with Crippen molar-refractivity contribution in [3.63, 3.8) is 0 Å². The summed E-state index contributed by atoms with van der Waals surface area (Å²) in [6.45, 7) is 2.29. The van der Waals surface area contributed by atoms with Crippen molar-refractivity contribution in [1.29, 1.82) is 0 Å². The van der Waals surface area contributed by atoms with Crippen molar-refractivity contribution in [1.82, 2.24) is 0 Å². The highest BCUT2D eigenvalue weighted by Crippen LogP contribution is 2.33. The molecule has 0 radical (unpaired) electrons. The van der Waals surface area contributed by atoms with E-state index in [-0.39, 0.29) is 0 Å². The summed E-state index contributed by atoms with van der Waals surface area (Å²) >= 11 is 3.54. The lowest BCUT2D eigenvalue weighted by Gasteiger charge is -2.34. The van der Waals surface area contributed by atoms with Gasteiger partial charge in [0.1, 0.15) is 5.75 Å². The molecular weight excluding hydrogens is 254 g/mol. The van der Waals surface area contributed by atoms with Crippen LogP contribution in [0, 0.1) is 5.92 Å². The Labute approximate surface area is 99.1 Å². The molecule has 0 amide bonds. The van der Waals surface area contributed by atoms with Crippen LogP contribution in [0.1, 0.15) is 19.8 Å². The first-order valence-electron chi connectivity index (χ1n) is 5.29. The number of hydrogen-bond acceptors (Lipinski definition) is 2. The number of anilines is 1. The molecule has 0 aromatic heterocycles. The van der Waals surface area contributed by atoms with Gasteiger partial charge in [-0.2, -0.15) is 0 Å². The maximum absolute atomic E-state index is 5.20. The minimum Gasteiger partial charge on any atom is -0.497 e. The number of methoxy groups -OCH3 is 1. The van der Waals surface area contributed by atoms with Gasteiger partial charge in [0.2, 0.25) is 0 Å². The minimum absolute atomic E-state index is 0.628. The fourth-order valence-electron chi connectivity index (χ4n) is 1.98. The van der Waals surface area contributed by atoms with E-state index < -0.39 is 0 Å². The highest BCUT2D eigenvalue weighted by molar-refractivity contribution is 9.10. The average Bonchev–Trinajstić information content (AvgIpc) is 2.19. The lowest BCUT2D eigenvalue weighted by atomic mass is 9.82. The summed E-state index contributed by atoms with van der Waals surface area (Å²) in [6, 6.07) is 6.64. The molecular formula is C12H16BrNO. The van der Waals surface area contributed by atoms with Crippen LogP contribution in [0.4, 0.5) is 5.69 Å². The first kappa shape index (κ1) is 10.8. The van der Waals surface area contributed by atoms with Crippen LogP contribution in [0.2, 0.25) is 0 Å². The van der Waals surface area contributed by atoms with Crippen LogP contribution in [-0.2, 0) is 0 Å². The minimum atomic E-state index is 0.628. The SMILES string of the molecule is COc1ccc(Br)c(NC2CC(C)C2)c1. The standard InChI is InChI=1S/C12H16BrNO/c1-8-5-9(6-8)14-12-7-10(15-2)3-4-11(12)13/h3-4,7-9,14H,5-6H2,1-2H3. The number of halogens is 1. The molecule has 0 bridgehead atoms. The Kier molecular flexibility index (Phi) is 3.19. The maximum atomic E-state index is 5.20. The average molecular weight is 270 g/mol. The van der Waals surface area contributed by atoms with E-state index in [4.69, 9.17) is 4.74 Å². The van der Waals surface area contributed by atoms with Crippen LogP contribution in [0.5, 0.6) is 5.75 Å². The van der Waals surface area contributed by atoms with Gasteiger partial charge in [0, 0.05) is 16.6 Å². The molecule has 82 valence electrons. The molecule has 0 heterocycles. The summed E-state index contributed by atoms with van der Waals surface area (Å²) < 4.78 is 6.30. The van der Waals surface area contributed by atoms with E-state index in [9.17, 15) is 0 Å². The normalized spacial score (nSPS) is 24.5. The van der Waals surface area contributed by atoms with Crippen molar-refractivity contribution in [2.75, 3.05) is 12.4 Å². The summed E-state index contributed by atoms with van der Waals surface area (Å²) in [5, 5.41) is 3.52. The molecule has 2 rings (SSSR count). The molecule has 1 aliphatic rings. The molecule has 0 unspecified atom stereocenters. The van der Waals surface area contributed by atoms with Crippen molar-refractivity contribution in [3.8, 4) is 5.75 Å². The van der Waals surface area contributed by atoms with E-state index in [2.05, 4.69) is 28.2 Å². The smallest absolute Gasteiger partial charge is 0.121 e. The summed E-state index contributed by atoms with van der Waals surface area (Å²) in [4.78, 5) is 0. The van der Waals surface area contributed by atoms with E-state index in [0.717, 1.165) is 21.8 Å². The molecule has 0 aliphatic heterocycles. The van der Waals surface area contributed by atoms with Crippen LogP contribution in [0.3, 0.4) is 0 Å². The third-order valence-corrected chi connectivity index (χ3v) is 3.60.